The van der Waals surface area contributed by atoms with Crippen LogP contribution in [0.25, 0.3) is 33.2 Å². The van der Waals surface area contributed by atoms with Crippen LogP contribution in [0.15, 0.2) is 65.1 Å². The highest BCUT2D eigenvalue weighted by atomic mass is 32.1. The van der Waals surface area contributed by atoms with Crippen molar-refractivity contribution in [3.05, 3.63) is 77.2 Å². The summed E-state index contributed by atoms with van der Waals surface area (Å²) in [5.41, 5.74) is 2.15. The van der Waals surface area contributed by atoms with Crippen LogP contribution in [-0.4, -0.2) is 16.1 Å². The van der Waals surface area contributed by atoms with E-state index in [1.54, 1.807) is 30.3 Å². The molecule has 0 aliphatic heterocycles. The standard InChI is InChI=1S/C21H14FNO3S/c22-15-7-5-13(6-8-15)18-10-9-16(26-18)11-14(12-20(24)25)21-23-17-3-1-2-4-19(17)27-21/h1-11H,12H2,(H,24,25)/b14-11+. The molecule has 4 aromatic rings. The number of aliphatic carboxylic acids is 1. The lowest BCUT2D eigenvalue weighted by molar-refractivity contribution is -0.135. The van der Waals surface area contributed by atoms with Crippen LogP contribution >= 0.6 is 11.3 Å². The summed E-state index contributed by atoms with van der Waals surface area (Å²) in [5, 5.41) is 9.93. The molecule has 4 rings (SSSR count). The highest BCUT2D eigenvalue weighted by Gasteiger charge is 2.14. The number of hydrogen-bond donors (Lipinski definition) is 1. The van der Waals surface area contributed by atoms with E-state index in [0.717, 1.165) is 15.8 Å². The molecule has 4 nitrogen and oxygen atoms in total. The van der Waals surface area contributed by atoms with Crippen LogP contribution in [0.2, 0.25) is 0 Å². The van der Waals surface area contributed by atoms with E-state index in [2.05, 4.69) is 4.98 Å². The van der Waals surface area contributed by atoms with E-state index in [1.807, 2.05) is 24.3 Å². The van der Waals surface area contributed by atoms with E-state index in [1.165, 1.54) is 23.5 Å². The minimum atomic E-state index is -0.939. The molecule has 0 saturated heterocycles. The monoisotopic (exact) mass is 379 g/mol. The van der Waals surface area contributed by atoms with Gasteiger partial charge < -0.3 is 9.52 Å². The van der Waals surface area contributed by atoms with Gasteiger partial charge in [-0.05, 0) is 54.6 Å². The first-order valence-electron chi connectivity index (χ1n) is 8.22. The smallest absolute Gasteiger partial charge is 0.307 e. The maximum absolute atomic E-state index is 13.1. The number of benzene rings is 2. The molecule has 2 aromatic heterocycles. The number of para-hydroxylation sites is 1. The molecule has 0 amide bonds. The van der Waals surface area contributed by atoms with Gasteiger partial charge >= 0.3 is 5.97 Å². The first-order valence-corrected chi connectivity index (χ1v) is 9.04. The Morgan fingerprint density at radius 3 is 2.63 bits per heavy atom. The molecular weight excluding hydrogens is 365 g/mol. The number of aromatic nitrogens is 1. The van der Waals surface area contributed by atoms with Crippen molar-refractivity contribution in [2.75, 3.05) is 0 Å². The fraction of sp³-hybridized carbons (Fsp3) is 0.0476. The molecule has 134 valence electrons. The third kappa shape index (κ3) is 3.80. The Morgan fingerprint density at radius 1 is 1.11 bits per heavy atom. The Hall–Kier alpha value is -3.25. The van der Waals surface area contributed by atoms with Crippen LogP contribution < -0.4 is 0 Å². The van der Waals surface area contributed by atoms with Gasteiger partial charge in [-0.1, -0.05) is 12.1 Å². The lowest BCUT2D eigenvalue weighted by Gasteiger charge is -2.00. The molecule has 0 radical (unpaired) electrons. The molecule has 0 saturated carbocycles. The van der Waals surface area contributed by atoms with Crippen molar-refractivity contribution in [2.24, 2.45) is 0 Å². The number of halogens is 1. The Morgan fingerprint density at radius 2 is 1.89 bits per heavy atom. The first-order chi connectivity index (χ1) is 13.1. The van der Waals surface area contributed by atoms with Gasteiger partial charge in [0.05, 0.1) is 16.6 Å². The summed E-state index contributed by atoms with van der Waals surface area (Å²) in [4.78, 5) is 15.9. The lowest BCUT2D eigenvalue weighted by Crippen LogP contribution is -1.96. The van der Waals surface area contributed by atoms with Crippen LogP contribution in [0.3, 0.4) is 0 Å². The van der Waals surface area contributed by atoms with Crippen molar-refractivity contribution in [3.63, 3.8) is 0 Å². The average Bonchev–Trinajstić information content (AvgIpc) is 3.28. The predicted molar refractivity (Wildman–Crippen MR) is 104 cm³/mol. The Kier molecular flexibility index (Phi) is 4.56. The van der Waals surface area contributed by atoms with Crippen molar-refractivity contribution < 1.29 is 18.7 Å². The van der Waals surface area contributed by atoms with Crippen LogP contribution in [0, 0.1) is 5.82 Å². The number of carbonyl (C=O) groups is 1. The minimum Gasteiger partial charge on any atom is -0.481 e. The van der Waals surface area contributed by atoms with Gasteiger partial charge in [0.1, 0.15) is 22.3 Å². The van der Waals surface area contributed by atoms with Gasteiger partial charge in [0.15, 0.2) is 0 Å². The summed E-state index contributed by atoms with van der Waals surface area (Å²) < 4.78 is 19.9. The molecule has 0 aliphatic carbocycles. The van der Waals surface area contributed by atoms with Crippen molar-refractivity contribution in [3.8, 4) is 11.3 Å². The molecule has 2 aromatic carbocycles. The van der Waals surface area contributed by atoms with Gasteiger partial charge in [0.2, 0.25) is 0 Å². The van der Waals surface area contributed by atoms with E-state index < -0.39 is 5.97 Å². The van der Waals surface area contributed by atoms with Gasteiger partial charge in [0, 0.05) is 11.1 Å². The van der Waals surface area contributed by atoms with E-state index in [-0.39, 0.29) is 12.2 Å². The SMILES string of the molecule is O=C(O)C/C(=C\c1ccc(-c2ccc(F)cc2)o1)c1nc2ccccc2s1. The number of carboxylic acid groups (broad SMARTS) is 1. The second-order valence-corrected chi connectivity index (χ2v) is 6.97. The number of carboxylic acids is 1. The maximum Gasteiger partial charge on any atom is 0.307 e. The predicted octanol–water partition coefficient (Wildman–Crippen LogP) is 5.71. The first kappa shape index (κ1) is 17.2. The number of rotatable bonds is 5. The van der Waals surface area contributed by atoms with Crippen LogP contribution in [0.5, 0.6) is 0 Å². The van der Waals surface area contributed by atoms with E-state index in [9.17, 15) is 14.3 Å². The van der Waals surface area contributed by atoms with Crippen molar-refractivity contribution in [1.82, 2.24) is 4.98 Å². The average molecular weight is 379 g/mol. The van der Waals surface area contributed by atoms with Gasteiger partial charge in [0.25, 0.3) is 0 Å². The molecule has 1 N–H and O–H groups in total. The topological polar surface area (TPSA) is 63.3 Å². The van der Waals surface area contributed by atoms with Gasteiger partial charge in [-0.3, -0.25) is 4.79 Å². The zero-order valence-corrected chi connectivity index (χ0v) is 14.9. The summed E-state index contributed by atoms with van der Waals surface area (Å²) >= 11 is 1.45. The molecule has 0 atom stereocenters. The molecule has 0 bridgehead atoms. The number of thiazole rings is 1. The summed E-state index contributed by atoms with van der Waals surface area (Å²) in [6.45, 7) is 0. The third-order valence-electron chi connectivity index (χ3n) is 3.98. The van der Waals surface area contributed by atoms with Gasteiger partial charge in [-0.2, -0.15) is 0 Å². The summed E-state index contributed by atoms with van der Waals surface area (Å²) in [5.74, 6) is -0.152. The van der Waals surface area contributed by atoms with Crippen LogP contribution in [0.1, 0.15) is 17.2 Å². The van der Waals surface area contributed by atoms with E-state index in [0.29, 0.717) is 22.1 Å². The number of furan rings is 1. The number of hydrogen-bond acceptors (Lipinski definition) is 4. The Labute approximate surface area is 158 Å². The molecule has 0 aliphatic rings. The molecule has 2 heterocycles. The molecular formula is C21H14FNO3S. The quantitative estimate of drug-likeness (QED) is 0.482. The fourth-order valence-electron chi connectivity index (χ4n) is 2.73. The third-order valence-corrected chi connectivity index (χ3v) is 5.09. The number of nitrogens with zero attached hydrogens (tertiary/aromatic N) is 1. The minimum absolute atomic E-state index is 0.160. The lowest BCUT2D eigenvalue weighted by atomic mass is 10.1. The number of fused-ring (bicyclic) bond motifs is 1. The van der Waals surface area contributed by atoms with Gasteiger partial charge in [-0.15, -0.1) is 11.3 Å². The Balaban J connectivity index is 1.71. The zero-order valence-electron chi connectivity index (χ0n) is 14.1. The second-order valence-electron chi connectivity index (χ2n) is 5.94. The highest BCUT2D eigenvalue weighted by Crippen LogP contribution is 2.31. The van der Waals surface area contributed by atoms with Crippen molar-refractivity contribution >= 4 is 39.2 Å². The molecule has 0 fully saturated rings. The zero-order chi connectivity index (χ0) is 18.8. The summed E-state index contributed by atoms with van der Waals surface area (Å²) in [7, 11) is 0. The Bertz CT molecular complexity index is 1110. The van der Waals surface area contributed by atoms with Crippen LogP contribution in [0.4, 0.5) is 4.39 Å². The summed E-state index contributed by atoms with van der Waals surface area (Å²) in [6.07, 6.45) is 1.53. The molecule has 6 heteroatoms. The van der Waals surface area contributed by atoms with Gasteiger partial charge in [-0.25, -0.2) is 9.37 Å². The fourth-order valence-corrected chi connectivity index (χ4v) is 3.71. The van der Waals surface area contributed by atoms with Crippen molar-refractivity contribution in [2.45, 2.75) is 6.42 Å². The molecule has 27 heavy (non-hydrogen) atoms. The second kappa shape index (κ2) is 7.17. The highest BCUT2D eigenvalue weighted by molar-refractivity contribution is 7.19. The van der Waals surface area contributed by atoms with E-state index in [4.69, 9.17) is 4.42 Å². The van der Waals surface area contributed by atoms with E-state index >= 15 is 0 Å². The molecule has 0 spiro atoms. The maximum atomic E-state index is 13.1. The summed E-state index contributed by atoms with van der Waals surface area (Å²) in [6, 6.07) is 17.2. The van der Waals surface area contributed by atoms with Crippen LogP contribution in [-0.2, 0) is 4.79 Å². The largest absolute Gasteiger partial charge is 0.481 e. The molecule has 0 unspecified atom stereocenters. The van der Waals surface area contributed by atoms with Crippen molar-refractivity contribution in [1.29, 1.82) is 0 Å². The normalized spacial score (nSPS) is 11.8.